The molecule has 21 heavy (non-hydrogen) atoms. The van der Waals surface area contributed by atoms with Crippen LogP contribution in [0, 0.1) is 6.92 Å². The van der Waals surface area contributed by atoms with Gasteiger partial charge in [-0.3, -0.25) is 4.79 Å². The molecule has 2 aromatic carbocycles. The standard InChI is InChI=1S/C16H15N3OS/c1-10-4-2-3-5-12(10)9-18-15(20)11-6-7-13-14(8-11)21-16(17)19-13/h2-8H,9H2,1H3,(H2,17,19)(H,18,20). The molecule has 0 aliphatic rings. The van der Waals surface area contributed by atoms with E-state index < -0.39 is 0 Å². The first-order chi connectivity index (χ1) is 10.1. The zero-order valence-electron chi connectivity index (χ0n) is 11.6. The maximum Gasteiger partial charge on any atom is 0.251 e. The number of carbonyl (C=O) groups excluding carboxylic acids is 1. The number of nitrogens with two attached hydrogens (primary N) is 1. The van der Waals surface area contributed by atoms with Crippen molar-refractivity contribution in [1.82, 2.24) is 10.3 Å². The van der Waals surface area contributed by atoms with E-state index in [1.54, 1.807) is 6.07 Å². The van der Waals surface area contributed by atoms with Gasteiger partial charge in [-0.05, 0) is 36.2 Å². The summed E-state index contributed by atoms with van der Waals surface area (Å²) in [4.78, 5) is 16.4. The third kappa shape index (κ3) is 2.87. The van der Waals surface area contributed by atoms with Gasteiger partial charge in [-0.25, -0.2) is 4.98 Å². The largest absolute Gasteiger partial charge is 0.375 e. The fourth-order valence-electron chi connectivity index (χ4n) is 2.17. The second kappa shape index (κ2) is 5.54. The van der Waals surface area contributed by atoms with E-state index in [2.05, 4.69) is 10.3 Å². The summed E-state index contributed by atoms with van der Waals surface area (Å²) in [5, 5.41) is 3.46. The Morgan fingerprint density at radius 2 is 2.10 bits per heavy atom. The Bertz CT molecular complexity index is 810. The van der Waals surface area contributed by atoms with E-state index >= 15 is 0 Å². The highest BCUT2D eigenvalue weighted by Gasteiger charge is 2.09. The molecule has 0 aliphatic heterocycles. The molecule has 0 spiro atoms. The van der Waals surface area contributed by atoms with Gasteiger partial charge in [0.2, 0.25) is 0 Å². The number of fused-ring (bicyclic) bond motifs is 1. The molecule has 0 aliphatic carbocycles. The van der Waals surface area contributed by atoms with Crippen LogP contribution < -0.4 is 11.1 Å². The summed E-state index contributed by atoms with van der Waals surface area (Å²) in [5.74, 6) is -0.0906. The molecule has 0 fully saturated rings. The topological polar surface area (TPSA) is 68.0 Å². The second-order valence-corrected chi connectivity index (χ2v) is 5.91. The fourth-order valence-corrected chi connectivity index (χ4v) is 2.94. The normalized spacial score (nSPS) is 10.7. The Hall–Kier alpha value is -2.40. The van der Waals surface area contributed by atoms with Crippen molar-refractivity contribution in [3.05, 3.63) is 59.2 Å². The molecule has 0 bridgehead atoms. The molecule has 3 aromatic rings. The average Bonchev–Trinajstić information content (AvgIpc) is 2.85. The zero-order valence-corrected chi connectivity index (χ0v) is 12.4. The van der Waals surface area contributed by atoms with Gasteiger partial charge < -0.3 is 11.1 Å². The minimum atomic E-state index is -0.0906. The SMILES string of the molecule is Cc1ccccc1CNC(=O)c1ccc2nc(N)sc2c1. The van der Waals surface area contributed by atoms with Crippen LogP contribution >= 0.6 is 11.3 Å². The van der Waals surface area contributed by atoms with Crippen LogP contribution in [-0.2, 0) is 6.54 Å². The molecule has 1 heterocycles. The van der Waals surface area contributed by atoms with Gasteiger partial charge >= 0.3 is 0 Å². The second-order valence-electron chi connectivity index (χ2n) is 4.84. The molecule has 5 heteroatoms. The van der Waals surface area contributed by atoms with E-state index in [9.17, 15) is 4.79 Å². The van der Waals surface area contributed by atoms with Crippen molar-refractivity contribution in [2.75, 3.05) is 5.73 Å². The lowest BCUT2D eigenvalue weighted by atomic mass is 10.1. The van der Waals surface area contributed by atoms with Gasteiger partial charge in [-0.2, -0.15) is 0 Å². The van der Waals surface area contributed by atoms with Crippen LogP contribution in [0.3, 0.4) is 0 Å². The Labute approximate surface area is 126 Å². The number of benzene rings is 2. The fraction of sp³-hybridized carbons (Fsp3) is 0.125. The van der Waals surface area contributed by atoms with Crippen LogP contribution in [0.2, 0.25) is 0 Å². The number of nitrogens with zero attached hydrogens (tertiary/aromatic N) is 1. The van der Waals surface area contributed by atoms with Crippen LogP contribution in [0.25, 0.3) is 10.2 Å². The number of hydrogen-bond donors (Lipinski definition) is 2. The Kier molecular flexibility index (Phi) is 3.58. The molecular weight excluding hydrogens is 282 g/mol. The Morgan fingerprint density at radius 1 is 1.29 bits per heavy atom. The first-order valence-corrected chi connectivity index (χ1v) is 7.44. The number of carbonyl (C=O) groups is 1. The summed E-state index contributed by atoms with van der Waals surface area (Å²) >= 11 is 1.39. The molecular formula is C16H15N3OS. The van der Waals surface area contributed by atoms with E-state index in [1.807, 2.05) is 43.3 Å². The summed E-state index contributed by atoms with van der Waals surface area (Å²) in [6.45, 7) is 2.56. The van der Waals surface area contributed by atoms with Crippen molar-refractivity contribution in [3.8, 4) is 0 Å². The van der Waals surface area contributed by atoms with Gasteiger partial charge in [0.1, 0.15) is 0 Å². The average molecular weight is 297 g/mol. The van der Waals surface area contributed by atoms with Gasteiger partial charge in [0.15, 0.2) is 5.13 Å². The van der Waals surface area contributed by atoms with E-state index in [0.717, 1.165) is 15.8 Å². The quantitative estimate of drug-likeness (QED) is 0.780. The molecule has 106 valence electrons. The molecule has 3 rings (SSSR count). The molecule has 1 aromatic heterocycles. The molecule has 0 atom stereocenters. The maximum atomic E-state index is 12.2. The molecule has 4 nitrogen and oxygen atoms in total. The summed E-state index contributed by atoms with van der Waals surface area (Å²) in [7, 11) is 0. The lowest BCUT2D eigenvalue weighted by molar-refractivity contribution is 0.0951. The predicted molar refractivity (Wildman–Crippen MR) is 86.4 cm³/mol. The van der Waals surface area contributed by atoms with E-state index in [-0.39, 0.29) is 5.91 Å². The van der Waals surface area contributed by atoms with Crippen molar-refractivity contribution in [2.24, 2.45) is 0 Å². The molecule has 0 saturated carbocycles. The van der Waals surface area contributed by atoms with Crippen molar-refractivity contribution in [2.45, 2.75) is 13.5 Å². The molecule has 0 radical (unpaired) electrons. The number of anilines is 1. The first-order valence-electron chi connectivity index (χ1n) is 6.62. The number of rotatable bonds is 3. The number of amides is 1. The van der Waals surface area contributed by atoms with E-state index in [0.29, 0.717) is 17.2 Å². The van der Waals surface area contributed by atoms with Crippen molar-refractivity contribution >= 4 is 32.6 Å². The predicted octanol–water partition coefficient (Wildman–Crippen LogP) is 3.12. The number of aromatic nitrogens is 1. The van der Waals surface area contributed by atoms with Gasteiger partial charge in [0.05, 0.1) is 10.2 Å². The highest BCUT2D eigenvalue weighted by Crippen LogP contribution is 2.24. The summed E-state index contributed by atoms with van der Waals surface area (Å²) in [6.07, 6.45) is 0. The third-order valence-corrected chi connectivity index (χ3v) is 4.22. The van der Waals surface area contributed by atoms with Gasteiger partial charge in [0.25, 0.3) is 5.91 Å². The van der Waals surface area contributed by atoms with Crippen molar-refractivity contribution in [1.29, 1.82) is 0 Å². The number of nitrogen functional groups attached to an aromatic ring is 1. The monoisotopic (exact) mass is 297 g/mol. The van der Waals surface area contributed by atoms with Crippen LogP contribution in [0.1, 0.15) is 21.5 Å². The maximum absolute atomic E-state index is 12.2. The van der Waals surface area contributed by atoms with Crippen LogP contribution in [0.4, 0.5) is 5.13 Å². The van der Waals surface area contributed by atoms with Gasteiger partial charge in [-0.1, -0.05) is 35.6 Å². The molecule has 0 saturated heterocycles. The smallest absolute Gasteiger partial charge is 0.251 e. The third-order valence-electron chi connectivity index (χ3n) is 3.37. The van der Waals surface area contributed by atoms with Crippen LogP contribution in [0.5, 0.6) is 0 Å². The first kappa shape index (κ1) is 13.6. The molecule has 1 amide bonds. The minimum absolute atomic E-state index is 0.0906. The lowest BCUT2D eigenvalue weighted by Gasteiger charge is -2.07. The van der Waals surface area contributed by atoms with Gasteiger partial charge in [0, 0.05) is 12.1 Å². The van der Waals surface area contributed by atoms with Crippen molar-refractivity contribution in [3.63, 3.8) is 0 Å². The summed E-state index contributed by atoms with van der Waals surface area (Å²) < 4.78 is 0.927. The van der Waals surface area contributed by atoms with E-state index in [1.165, 1.54) is 16.9 Å². The number of aryl methyl sites for hydroxylation is 1. The van der Waals surface area contributed by atoms with Crippen LogP contribution in [-0.4, -0.2) is 10.9 Å². The van der Waals surface area contributed by atoms with E-state index in [4.69, 9.17) is 5.73 Å². The Balaban J connectivity index is 1.76. The minimum Gasteiger partial charge on any atom is -0.375 e. The number of hydrogen-bond acceptors (Lipinski definition) is 4. The molecule has 3 N–H and O–H groups in total. The van der Waals surface area contributed by atoms with Crippen molar-refractivity contribution < 1.29 is 4.79 Å². The number of thiazole rings is 1. The number of nitrogens with one attached hydrogen (secondary N) is 1. The summed E-state index contributed by atoms with van der Waals surface area (Å²) in [5.41, 5.74) is 9.42. The lowest BCUT2D eigenvalue weighted by Crippen LogP contribution is -2.23. The zero-order chi connectivity index (χ0) is 14.8. The van der Waals surface area contributed by atoms with Crippen LogP contribution in [0.15, 0.2) is 42.5 Å². The summed E-state index contributed by atoms with van der Waals surface area (Å²) in [6, 6.07) is 13.4. The highest BCUT2D eigenvalue weighted by molar-refractivity contribution is 7.22. The molecule has 0 unspecified atom stereocenters. The highest BCUT2D eigenvalue weighted by atomic mass is 32.1. The Morgan fingerprint density at radius 3 is 2.90 bits per heavy atom. The van der Waals surface area contributed by atoms with Gasteiger partial charge in [-0.15, -0.1) is 0 Å².